The SMILES string of the molecule is FC(F)(F)c1ccnc(N2CC3CC(CN(Cc4ccccc4)C3)C2)c1. The lowest BCUT2D eigenvalue weighted by molar-refractivity contribution is -0.137. The van der Waals surface area contributed by atoms with Gasteiger partial charge in [0, 0.05) is 38.9 Å². The first-order valence-corrected chi connectivity index (χ1v) is 9.02. The van der Waals surface area contributed by atoms with Crippen molar-refractivity contribution >= 4 is 5.82 Å². The summed E-state index contributed by atoms with van der Waals surface area (Å²) >= 11 is 0. The number of alkyl halides is 3. The smallest absolute Gasteiger partial charge is 0.356 e. The van der Waals surface area contributed by atoms with Gasteiger partial charge in [-0.25, -0.2) is 4.98 Å². The number of nitrogens with zero attached hydrogens (tertiary/aromatic N) is 3. The van der Waals surface area contributed by atoms with Crippen LogP contribution in [0.15, 0.2) is 48.7 Å². The lowest BCUT2D eigenvalue weighted by Gasteiger charge is -2.46. The number of likely N-dealkylation sites (tertiary alicyclic amines) is 1. The number of piperidine rings is 2. The molecule has 1 aromatic carbocycles. The van der Waals surface area contributed by atoms with Crippen molar-refractivity contribution in [3.63, 3.8) is 0 Å². The molecule has 2 fully saturated rings. The van der Waals surface area contributed by atoms with E-state index in [1.54, 1.807) is 0 Å². The van der Waals surface area contributed by atoms with Gasteiger partial charge in [0.25, 0.3) is 0 Å². The Balaban J connectivity index is 1.44. The molecule has 0 aliphatic carbocycles. The van der Waals surface area contributed by atoms with Gasteiger partial charge in [-0.05, 0) is 36.0 Å². The van der Waals surface area contributed by atoms with E-state index < -0.39 is 11.7 Å². The molecule has 2 bridgehead atoms. The average Bonchev–Trinajstić information content (AvgIpc) is 2.61. The molecule has 3 nitrogen and oxygen atoms in total. The van der Waals surface area contributed by atoms with E-state index >= 15 is 0 Å². The van der Waals surface area contributed by atoms with Crippen molar-refractivity contribution in [2.24, 2.45) is 11.8 Å². The van der Waals surface area contributed by atoms with Crippen LogP contribution in [0.1, 0.15) is 17.5 Å². The number of aromatic nitrogens is 1. The summed E-state index contributed by atoms with van der Waals surface area (Å²) in [6, 6.07) is 12.6. The zero-order valence-electron chi connectivity index (χ0n) is 14.5. The first kappa shape index (κ1) is 17.3. The van der Waals surface area contributed by atoms with Crippen molar-refractivity contribution < 1.29 is 13.2 Å². The highest BCUT2D eigenvalue weighted by Crippen LogP contribution is 2.34. The second-order valence-electron chi connectivity index (χ2n) is 7.45. The lowest BCUT2D eigenvalue weighted by Crippen LogP contribution is -2.52. The normalized spacial score (nSPS) is 23.9. The Morgan fingerprint density at radius 2 is 1.65 bits per heavy atom. The molecule has 2 saturated heterocycles. The molecule has 3 heterocycles. The number of halogens is 3. The van der Waals surface area contributed by atoms with Crippen LogP contribution in [0.25, 0.3) is 0 Å². The van der Waals surface area contributed by atoms with Crippen LogP contribution in [0.3, 0.4) is 0 Å². The highest BCUT2D eigenvalue weighted by Gasteiger charge is 2.36. The van der Waals surface area contributed by atoms with Crippen molar-refractivity contribution in [3.8, 4) is 0 Å². The van der Waals surface area contributed by atoms with Gasteiger partial charge < -0.3 is 4.90 Å². The molecule has 0 N–H and O–H groups in total. The summed E-state index contributed by atoms with van der Waals surface area (Å²) in [7, 11) is 0. The third-order valence-corrected chi connectivity index (χ3v) is 5.30. The number of rotatable bonds is 3. The Morgan fingerprint density at radius 3 is 2.31 bits per heavy atom. The summed E-state index contributed by atoms with van der Waals surface area (Å²) in [4.78, 5) is 8.72. The van der Waals surface area contributed by atoms with Gasteiger partial charge in [0.1, 0.15) is 5.82 Å². The molecule has 2 aromatic rings. The quantitative estimate of drug-likeness (QED) is 0.822. The molecular formula is C20H22F3N3. The molecule has 0 saturated carbocycles. The van der Waals surface area contributed by atoms with Crippen molar-refractivity contribution in [2.75, 3.05) is 31.1 Å². The van der Waals surface area contributed by atoms with Crippen LogP contribution < -0.4 is 4.90 Å². The van der Waals surface area contributed by atoms with Gasteiger partial charge in [0.2, 0.25) is 0 Å². The van der Waals surface area contributed by atoms with Crippen LogP contribution in [0.2, 0.25) is 0 Å². The summed E-state index contributed by atoms with van der Waals surface area (Å²) in [5.41, 5.74) is 0.688. The van der Waals surface area contributed by atoms with E-state index in [-0.39, 0.29) is 0 Å². The molecule has 2 aliphatic heterocycles. The van der Waals surface area contributed by atoms with Gasteiger partial charge in [-0.3, -0.25) is 4.90 Å². The minimum absolute atomic E-state index is 0.450. The van der Waals surface area contributed by atoms with Crippen LogP contribution in [-0.4, -0.2) is 36.1 Å². The fourth-order valence-corrected chi connectivity index (χ4v) is 4.31. The van der Waals surface area contributed by atoms with E-state index in [1.807, 2.05) is 11.0 Å². The number of pyridine rings is 1. The Kier molecular flexibility index (Phi) is 4.61. The van der Waals surface area contributed by atoms with Crippen molar-refractivity contribution in [3.05, 3.63) is 59.8 Å². The minimum atomic E-state index is -4.32. The Labute approximate surface area is 151 Å². The van der Waals surface area contributed by atoms with Crippen molar-refractivity contribution in [1.29, 1.82) is 0 Å². The number of anilines is 1. The average molecular weight is 361 g/mol. The van der Waals surface area contributed by atoms with Crippen molar-refractivity contribution in [2.45, 2.75) is 19.1 Å². The van der Waals surface area contributed by atoms with E-state index in [9.17, 15) is 13.2 Å². The molecule has 2 atom stereocenters. The fourth-order valence-electron chi connectivity index (χ4n) is 4.31. The number of fused-ring (bicyclic) bond motifs is 2. The Morgan fingerprint density at radius 1 is 0.962 bits per heavy atom. The monoisotopic (exact) mass is 361 g/mol. The summed E-state index contributed by atoms with van der Waals surface area (Å²) in [5.74, 6) is 1.40. The second kappa shape index (κ2) is 6.91. The van der Waals surface area contributed by atoms with E-state index in [1.165, 1.54) is 17.8 Å². The molecule has 2 aliphatic rings. The van der Waals surface area contributed by atoms with Gasteiger partial charge in [0.15, 0.2) is 0 Å². The van der Waals surface area contributed by atoms with Gasteiger partial charge in [-0.2, -0.15) is 13.2 Å². The zero-order valence-corrected chi connectivity index (χ0v) is 14.5. The standard InChI is InChI=1S/C20H22F3N3/c21-20(22,23)18-6-7-24-19(9-18)26-13-16-8-17(14-26)12-25(11-16)10-15-4-2-1-3-5-15/h1-7,9,16-17H,8,10-14H2. The summed E-state index contributed by atoms with van der Waals surface area (Å²) in [6.07, 6.45) is -1.90. The Bertz CT molecular complexity index is 733. The fraction of sp³-hybridized carbons (Fsp3) is 0.450. The zero-order chi connectivity index (χ0) is 18.1. The van der Waals surface area contributed by atoms with E-state index in [0.29, 0.717) is 17.7 Å². The predicted molar refractivity (Wildman–Crippen MR) is 94.8 cm³/mol. The highest BCUT2D eigenvalue weighted by molar-refractivity contribution is 5.42. The van der Waals surface area contributed by atoms with Crippen LogP contribution >= 0.6 is 0 Å². The molecule has 138 valence electrons. The molecule has 1 aromatic heterocycles. The highest BCUT2D eigenvalue weighted by atomic mass is 19.4. The van der Waals surface area contributed by atoms with E-state index in [0.717, 1.165) is 45.2 Å². The van der Waals surface area contributed by atoms with Crippen LogP contribution in [0, 0.1) is 11.8 Å². The molecule has 0 amide bonds. The molecular weight excluding hydrogens is 339 g/mol. The van der Waals surface area contributed by atoms with Crippen molar-refractivity contribution in [1.82, 2.24) is 9.88 Å². The molecule has 0 spiro atoms. The van der Waals surface area contributed by atoms with Gasteiger partial charge in [0.05, 0.1) is 5.56 Å². The maximum atomic E-state index is 13.0. The summed E-state index contributed by atoms with van der Waals surface area (Å²) in [5, 5.41) is 0. The predicted octanol–water partition coefficient (Wildman–Crippen LogP) is 4.06. The van der Waals surface area contributed by atoms with Crippen LogP contribution in [0.4, 0.5) is 19.0 Å². The molecule has 0 radical (unpaired) electrons. The minimum Gasteiger partial charge on any atom is -0.356 e. The summed E-state index contributed by atoms with van der Waals surface area (Å²) in [6.45, 7) is 4.46. The van der Waals surface area contributed by atoms with Gasteiger partial charge >= 0.3 is 6.18 Å². The van der Waals surface area contributed by atoms with E-state index in [4.69, 9.17) is 0 Å². The number of benzene rings is 1. The van der Waals surface area contributed by atoms with E-state index in [2.05, 4.69) is 34.1 Å². The maximum absolute atomic E-state index is 13.0. The van der Waals surface area contributed by atoms with Crippen LogP contribution in [0.5, 0.6) is 0 Å². The third-order valence-electron chi connectivity index (χ3n) is 5.30. The Hall–Kier alpha value is -2.08. The second-order valence-corrected chi connectivity index (χ2v) is 7.45. The van der Waals surface area contributed by atoms with Gasteiger partial charge in [-0.15, -0.1) is 0 Å². The first-order valence-electron chi connectivity index (χ1n) is 9.02. The topological polar surface area (TPSA) is 19.4 Å². The number of hydrogen-bond acceptors (Lipinski definition) is 3. The molecule has 6 heteroatoms. The first-order chi connectivity index (χ1) is 12.5. The molecule has 4 rings (SSSR count). The summed E-state index contributed by atoms with van der Waals surface area (Å²) < 4.78 is 38.9. The largest absolute Gasteiger partial charge is 0.416 e. The maximum Gasteiger partial charge on any atom is 0.416 e. The van der Waals surface area contributed by atoms with Gasteiger partial charge in [-0.1, -0.05) is 30.3 Å². The molecule has 2 unspecified atom stereocenters. The van der Waals surface area contributed by atoms with Crippen LogP contribution in [-0.2, 0) is 12.7 Å². The lowest BCUT2D eigenvalue weighted by atomic mass is 9.84. The molecule has 26 heavy (non-hydrogen) atoms. The number of hydrogen-bond donors (Lipinski definition) is 0. The third kappa shape index (κ3) is 3.85.